The van der Waals surface area contributed by atoms with E-state index in [9.17, 15) is 4.79 Å². The Morgan fingerprint density at radius 1 is 1.47 bits per heavy atom. The Hall–Kier alpha value is -1.37. The molecule has 7 heteroatoms. The maximum atomic E-state index is 11.4. The van der Waals surface area contributed by atoms with E-state index in [2.05, 4.69) is 36.5 Å². The van der Waals surface area contributed by atoms with E-state index < -0.39 is 0 Å². The summed E-state index contributed by atoms with van der Waals surface area (Å²) in [5.74, 6) is 1.35. The molecule has 0 aliphatic heterocycles. The van der Waals surface area contributed by atoms with Gasteiger partial charge in [-0.05, 0) is 22.9 Å². The summed E-state index contributed by atoms with van der Waals surface area (Å²) in [6, 6.07) is 0. The predicted octanol–water partition coefficient (Wildman–Crippen LogP) is 0.853. The van der Waals surface area contributed by atoms with Gasteiger partial charge in [0.05, 0.1) is 6.54 Å². The topological polar surface area (TPSA) is 70.2 Å². The zero-order chi connectivity index (χ0) is 12.8. The summed E-state index contributed by atoms with van der Waals surface area (Å²) in [5.41, 5.74) is 0. The molecule has 0 bridgehead atoms. The normalized spacial score (nSPS) is 9.88. The van der Waals surface area contributed by atoms with Gasteiger partial charge in [0, 0.05) is 20.6 Å². The molecule has 0 aromatic carbocycles. The van der Waals surface area contributed by atoms with Crippen LogP contribution in [0.15, 0.2) is 10.8 Å². The number of carbonyl (C=O) groups is 1. The Balaban J connectivity index is 2.99. The molecule has 94 valence electrons. The number of anilines is 2. The fourth-order valence-electron chi connectivity index (χ4n) is 1.34. The molecule has 0 saturated carbocycles. The minimum atomic E-state index is -0.0524. The Kier molecular flexibility index (Phi) is 5.14. The lowest BCUT2D eigenvalue weighted by molar-refractivity contribution is -0.119. The van der Waals surface area contributed by atoms with Gasteiger partial charge in [-0.15, -0.1) is 0 Å². The summed E-state index contributed by atoms with van der Waals surface area (Å²) in [4.78, 5) is 21.5. The number of aromatic nitrogens is 2. The lowest BCUT2D eigenvalue weighted by Crippen LogP contribution is -2.36. The SMILES string of the molecule is CCN(CC(=O)NC)c1ncnc(NC)c1Br. The Bertz CT molecular complexity index is 398. The molecule has 1 aromatic heterocycles. The van der Waals surface area contributed by atoms with Crippen molar-refractivity contribution in [2.45, 2.75) is 6.92 Å². The first-order chi connectivity index (χ1) is 8.13. The fraction of sp³-hybridized carbons (Fsp3) is 0.500. The van der Waals surface area contributed by atoms with Crippen LogP contribution < -0.4 is 15.5 Å². The average Bonchev–Trinajstić information content (AvgIpc) is 2.36. The molecule has 0 atom stereocenters. The molecule has 1 heterocycles. The van der Waals surface area contributed by atoms with Gasteiger partial charge in [-0.25, -0.2) is 9.97 Å². The average molecular weight is 302 g/mol. The highest BCUT2D eigenvalue weighted by atomic mass is 79.9. The van der Waals surface area contributed by atoms with E-state index in [-0.39, 0.29) is 12.5 Å². The molecule has 0 aliphatic rings. The van der Waals surface area contributed by atoms with E-state index in [4.69, 9.17) is 0 Å². The molecule has 17 heavy (non-hydrogen) atoms. The molecule has 0 unspecified atom stereocenters. The number of carbonyl (C=O) groups excluding carboxylic acids is 1. The molecule has 1 aromatic rings. The summed E-state index contributed by atoms with van der Waals surface area (Å²) in [7, 11) is 3.40. The third kappa shape index (κ3) is 3.29. The zero-order valence-corrected chi connectivity index (χ0v) is 11.7. The van der Waals surface area contributed by atoms with Gasteiger partial charge in [0.15, 0.2) is 0 Å². The molecule has 2 N–H and O–H groups in total. The van der Waals surface area contributed by atoms with E-state index in [1.165, 1.54) is 6.33 Å². The second-order valence-electron chi connectivity index (χ2n) is 3.30. The third-order valence-corrected chi connectivity index (χ3v) is 3.03. The maximum absolute atomic E-state index is 11.4. The van der Waals surface area contributed by atoms with E-state index in [0.29, 0.717) is 18.2 Å². The Morgan fingerprint density at radius 3 is 2.71 bits per heavy atom. The predicted molar refractivity (Wildman–Crippen MR) is 71.2 cm³/mol. The van der Waals surface area contributed by atoms with Crippen molar-refractivity contribution in [3.8, 4) is 0 Å². The van der Waals surface area contributed by atoms with Crippen LogP contribution in [0, 0.1) is 0 Å². The smallest absolute Gasteiger partial charge is 0.239 e. The van der Waals surface area contributed by atoms with Gasteiger partial charge >= 0.3 is 0 Å². The number of nitrogens with zero attached hydrogens (tertiary/aromatic N) is 3. The van der Waals surface area contributed by atoms with Crippen molar-refractivity contribution in [1.82, 2.24) is 15.3 Å². The number of likely N-dealkylation sites (N-methyl/N-ethyl adjacent to an activating group) is 2. The number of hydrogen-bond donors (Lipinski definition) is 2. The van der Waals surface area contributed by atoms with Crippen molar-refractivity contribution < 1.29 is 4.79 Å². The minimum Gasteiger partial charge on any atom is -0.372 e. The Labute approximate surface area is 109 Å². The molecule has 0 spiro atoms. The highest BCUT2D eigenvalue weighted by Gasteiger charge is 2.15. The molecule has 0 radical (unpaired) electrons. The van der Waals surface area contributed by atoms with E-state index >= 15 is 0 Å². The third-order valence-electron chi connectivity index (χ3n) is 2.30. The first-order valence-corrected chi connectivity index (χ1v) is 6.07. The zero-order valence-electron chi connectivity index (χ0n) is 10.1. The van der Waals surface area contributed by atoms with E-state index in [1.807, 2.05) is 11.8 Å². The molecule has 0 saturated heterocycles. The van der Waals surface area contributed by atoms with Gasteiger partial charge in [0.1, 0.15) is 22.4 Å². The standard InChI is InChI=1S/C10H16BrN5O/c1-4-16(5-7(17)12-2)10-8(11)9(13-3)14-6-15-10/h6H,4-5H2,1-3H3,(H,12,17)(H,13,14,15). The van der Waals surface area contributed by atoms with Gasteiger partial charge < -0.3 is 15.5 Å². The Morgan fingerprint density at radius 2 is 2.18 bits per heavy atom. The van der Waals surface area contributed by atoms with Gasteiger partial charge in [-0.1, -0.05) is 0 Å². The number of hydrogen-bond acceptors (Lipinski definition) is 5. The lowest BCUT2D eigenvalue weighted by Gasteiger charge is -2.22. The van der Waals surface area contributed by atoms with Crippen molar-refractivity contribution >= 4 is 33.5 Å². The maximum Gasteiger partial charge on any atom is 0.239 e. The van der Waals surface area contributed by atoms with Crippen molar-refractivity contribution in [2.75, 3.05) is 37.4 Å². The van der Waals surface area contributed by atoms with Crippen molar-refractivity contribution in [3.63, 3.8) is 0 Å². The lowest BCUT2D eigenvalue weighted by atomic mass is 10.4. The van der Waals surface area contributed by atoms with Crippen LogP contribution in [0.3, 0.4) is 0 Å². The quantitative estimate of drug-likeness (QED) is 0.844. The van der Waals surface area contributed by atoms with E-state index in [1.54, 1.807) is 14.1 Å². The molecular formula is C10H16BrN5O. The van der Waals surface area contributed by atoms with Crippen molar-refractivity contribution in [3.05, 3.63) is 10.8 Å². The molecule has 1 rings (SSSR count). The van der Waals surface area contributed by atoms with Crippen molar-refractivity contribution in [1.29, 1.82) is 0 Å². The van der Waals surface area contributed by atoms with Gasteiger partial charge in [0.25, 0.3) is 0 Å². The number of halogens is 1. The van der Waals surface area contributed by atoms with Crippen molar-refractivity contribution in [2.24, 2.45) is 0 Å². The van der Waals surface area contributed by atoms with Crippen LogP contribution in [0.2, 0.25) is 0 Å². The summed E-state index contributed by atoms with van der Waals surface area (Å²) in [6.45, 7) is 2.93. The van der Waals surface area contributed by atoms with Crippen LogP contribution in [0.1, 0.15) is 6.92 Å². The number of amides is 1. The summed E-state index contributed by atoms with van der Waals surface area (Å²) < 4.78 is 0.758. The summed E-state index contributed by atoms with van der Waals surface area (Å²) in [5, 5.41) is 5.55. The molecule has 6 nitrogen and oxygen atoms in total. The van der Waals surface area contributed by atoms with Crippen LogP contribution in [0.4, 0.5) is 11.6 Å². The molecular weight excluding hydrogens is 286 g/mol. The van der Waals surface area contributed by atoms with Crippen LogP contribution in [-0.2, 0) is 4.79 Å². The van der Waals surface area contributed by atoms with Crippen LogP contribution in [-0.4, -0.2) is 43.1 Å². The number of rotatable bonds is 5. The first-order valence-electron chi connectivity index (χ1n) is 5.27. The molecule has 0 fully saturated rings. The molecule has 0 aliphatic carbocycles. The van der Waals surface area contributed by atoms with Crippen LogP contribution in [0.5, 0.6) is 0 Å². The van der Waals surface area contributed by atoms with Gasteiger partial charge in [0.2, 0.25) is 5.91 Å². The highest BCUT2D eigenvalue weighted by Crippen LogP contribution is 2.28. The van der Waals surface area contributed by atoms with E-state index in [0.717, 1.165) is 4.47 Å². The second kappa shape index (κ2) is 6.39. The number of nitrogens with one attached hydrogen (secondary N) is 2. The highest BCUT2D eigenvalue weighted by molar-refractivity contribution is 9.10. The minimum absolute atomic E-state index is 0.0524. The summed E-state index contributed by atoms with van der Waals surface area (Å²) >= 11 is 3.43. The second-order valence-corrected chi connectivity index (χ2v) is 4.09. The largest absolute Gasteiger partial charge is 0.372 e. The van der Waals surface area contributed by atoms with Gasteiger partial charge in [-0.2, -0.15) is 0 Å². The monoisotopic (exact) mass is 301 g/mol. The van der Waals surface area contributed by atoms with Crippen LogP contribution in [0.25, 0.3) is 0 Å². The van der Waals surface area contributed by atoms with Crippen LogP contribution >= 0.6 is 15.9 Å². The molecule has 1 amide bonds. The first kappa shape index (κ1) is 13.7. The van der Waals surface area contributed by atoms with Gasteiger partial charge in [-0.3, -0.25) is 4.79 Å². The fourth-order valence-corrected chi connectivity index (χ4v) is 2.00. The summed E-state index contributed by atoms with van der Waals surface area (Å²) in [6.07, 6.45) is 1.47.